The molecule has 0 bridgehead atoms. The van der Waals surface area contributed by atoms with Crippen LogP contribution in [-0.2, 0) is 0 Å². The summed E-state index contributed by atoms with van der Waals surface area (Å²) >= 11 is 0. The molecule has 0 saturated heterocycles. The van der Waals surface area contributed by atoms with Crippen LogP contribution >= 0.6 is 0 Å². The van der Waals surface area contributed by atoms with Crippen molar-refractivity contribution >= 4 is 66.8 Å². The summed E-state index contributed by atoms with van der Waals surface area (Å²) in [5.74, 6) is -1.47. The number of anilines is 1. The average molecular weight is 220 g/mol. The molecule has 0 fully saturated rings. The van der Waals surface area contributed by atoms with Crippen LogP contribution in [0.1, 0.15) is 10.4 Å². The Balaban J connectivity index is 0. The maximum absolute atomic E-state index is 10.3. The van der Waals surface area contributed by atoms with Gasteiger partial charge in [-0.15, -0.1) is 0 Å². The Morgan fingerprint density at radius 3 is 2.31 bits per heavy atom. The quantitative estimate of drug-likeness (QED) is 0.456. The topological polar surface area (TPSA) is 83.6 Å². The van der Waals surface area contributed by atoms with Crippen molar-refractivity contribution in [2.24, 2.45) is 0 Å². The second-order valence-electron chi connectivity index (χ2n) is 2.08. The number of hydrogen-bond donors (Lipinski definition) is 3. The van der Waals surface area contributed by atoms with E-state index < -0.39 is 5.97 Å². The molecule has 13 heavy (non-hydrogen) atoms. The van der Waals surface area contributed by atoms with Crippen molar-refractivity contribution in [1.82, 2.24) is 0 Å². The number of aromatic hydroxyl groups is 1. The van der Waals surface area contributed by atoms with Crippen molar-refractivity contribution in [3.63, 3.8) is 0 Å². The summed E-state index contributed by atoms with van der Waals surface area (Å²) in [6, 6.07) is 3.87. The van der Waals surface area contributed by atoms with E-state index in [1.807, 2.05) is 0 Å². The predicted molar refractivity (Wildman–Crippen MR) is 51.0 cm³/mol. The fraction of sp³-hybridized carbons (Fsp3) is 0. The van der Waals surface area contributed by atoms with E-state index in [-0.39, 0.29) is 66.4 Å². The van der Waals surface area contributed by atoms with Crippen LogP contribution < -0.4 is 5.73 Å². The standard InChI is InChI=1S/C7H7NO3.Al.Ca/c8-4-1-2-5(7(10)11)6(9)3-4;;/h1-3,9H,8H2,(H,10,11);;/q;+3;+2. The molecule has 0 heterocycles. The Labute approximate surface area is 116 Å². The first kappa shape index (κ1) is 15.5. The van der Waals surface area contributed by atoms with Gasteiger partial charge in [0, 0.05) is 11.8 Å². The largest absolute Gasteiger partial charge is 3.00 e. The molecule has 1 rings (SSSR count). The molecule has 0 aliphatic heterocycles. The van der Waals surface area contributed by atoms with E-state index in [0.29, 0.717) is 5.69 Å². The monoisotopic (exact) mass is 220 g/mol. The fourth-order valence-electron chi connectivity index (χ4n) is 0.730. The third-order valence-electron chi connectivity index (χ3n) is 1.25. The van der Waals surface area contributed by atoms with Gasteiger partial charge in [-0.1, -0.05) is 0 Å². The molecule has 4 N–H and O–H groups in total. The molecule has 0 unspecified atom stereocenters. The van der Waals surface area contributed by atoms with Gasteiger partial charge in [0.25, 0.3) is 0 Å². The van der Waals surface area contributed by atoms with Gasteiger partial charge in [0.05, 0.1) is 0 Å². The van der Waals surface area contributed by atoms with E-state index >= 15 is 0 Å². The van der Waals surface area contributed by atoms with E-state index in [1.54, 1.807) is 0 Å². The van der Waals surface area contributed by atoms with Gasteiger partial charge >= 0.3 is 61.1 Å². The Bertz CT molecular complexity index is 306. The first-order valence-electron chi connectivity index (χ1n) is 2.93. The molecule has 0 radical (unpaired) electrons. The maximum atomic E-state index is 10.3. The Kier molecular flexibility index (Phi) is 7.80. The molecular weight excluding hydrogens is 213 g/mol. The van der Waals surface area contributed by atoms with Crippen LogP contribution in [0.4, 0.5) is 5.69 Å². The smallest absolute Gasteiger partial charge is 0.507 e. The predicted octanol–water partition coefficient (Wildman–Crippen LogP) is -0.0890. The van der Waals surface area contributed by atoms with Gasteiger partial charge in [0.1, 0.15) is 11.3 Å². The number of aromatic carboxylic acids is 1. The van der Waals surface area contributed by atoms with E-state index in [1.165, 1.54) is 18.2 Å². The normalized spacial score (nSPS) is 8.00. The van der Waals surface area contributed by atoms with Gasteiger partial charge in [0.2, 0.25) is 0 Å². The zero-order valence-electron chi connectivity index (χ0n) is 6.90. The van der Waals surface area contributed by atoms with E-state index in [0.717, 1.165) is 0 Å². The Hall–Kier alpha value is 0.0822. The molecule has 0 atom stereocenters. The maximum Gasteiger partial charge on any atom is 3.00 e. The number of carboxylic acid groups (broad SMARTS) is 1. The number of rotatable bonds is 1. The van der Waals surface area contributed by atoms with Crippen molar-refractivity contribution in [3.8, 4) is 5.75 Å². The van der Waals surface area contributed by atoms with E-state index in [9.17, 15) is 4.79 Å². The number of carboxylic acids is 1. The number of phenols is 1. The second-order valence-corrected chi connectivity index (χ2v) is 2.08. The summed E-state index contributed by atoms with van der Waals surface area (Å²) in [4.78, 5) is 10.3. The van der Waals surface area contributed by atoms with Gasteiger partial charge in [-0.3, -0.25) is 0 Å². The molecule has 0 spiro atoms. The first-order valence-corrected chi connectivity index (χ1v) is 2.93. The molecule has 1 aromatic rings. The number of nitrogen functional groups attached to an aromatic ring is 1. The Morgan fingerprint density at radius 1 is 1.38 bits per heavy atom. The SMILES string of the molecule is Nc1ccc(C(=O)O)c(O)c1.[Al+3].[Ca+2]. The van der Waals surface area contributed by atoms with Gasteiger partial charge in [-0.05, 0) is 12.1 Å². The van der Waals surface area contributed by atoms with Crippen LogP contribution in [0.25, 0.3) is 0 Å². The molecule has 0 saturated carbocycles. The fourth-order valence-corrected chi connectivity index (χ4v) is 0.730. The van der Waals surface area contributed by atoms with Crippen molar-refractivity contribution in [2.45, 2.75) is 0 Å². The number of nitrogens with two attached hydrogens (primary N) is 1. The van der Waals surface area contributed by atoms with Crippen LogP contribution in [0, 0.1) is 0 Å². The summed E-state index contributed by atoms with van der Waals surface area (Å²) in [5, 5.41) is 17.5. The summed E-state index contributed by atoms with van der Waals surface area (Å²) in [6.45, 7) is 0. The summed E-state index contributed by atoms with van der Waals surface area (Å²) in [5.41, 5.74) is 5.48. The number of carbonyl (C=O) groups is 1. The molecule has 0 aliphatic carbocycles. The molecule has 1 aromatic carbocycles. The number of benzene rings is 1. The van der Waals surface area contributed by atoms with Crippen molar-refractivity contribution in [1.29, 1.82) is 0 Å². The van der Waals surface area contributed by atoms with Gasteiger partial charge in [-0.2, -0.15) is 0 Å². The molecular formula is C7H7AlCaNO3+5. The van der Waals surface area contributed by atoms with Gasteiger partial charge in [0.15, 0.2) is 0 Å². The molecule has 0 amide bonds. The minimum atomic E-state index is -1.16. The minimum absolute atomic E-state index is 0. The molecule has 0 aliphatic rings. The summed E-state index contributed by atoms with van der Waals surface area (Å²) in [6.07, 6.45) is 0. The molecule has 0 aromatic heterocycles. The van der Waals surface area contributed by atoms with Crippen LogP contribution in [0.15, 0.2) is 18.2 Å². The average Bonchev–Trinajstić information content (AvgIpc) is 1.85. The molecule has 6 heteroatoms. The minimum Gasteiger partial charge on any atom is -0.507 e. The van der Waals surface area contributed by atoms with Crippen LogP contribution in [0.2, 0.25) is 0 Å². The van der Waals surface area contributed by atoms with Crippen LogP contribution in [0.3, 0.4) is 0 Å². The Morgan fingerprint density at radius 2 is 1.92 bits per heavy atom. The van der Waals surface area contributed by atoms with E-state index in [2.05, 4.69) is 0 Å². The van der Waals surface area contributed by atoms with Crippen LogP contribution in [0.5, 0.6) is 5.75 Å². The van der Waals surface area contributed by atoms with Crippen molar-refractivity contribution in [3.05, 3.63) is 23.8 Å². The first-order chi connectivity index (χ1) is 5.11. The van der Waals surface area contributed by atoms with Crippen molar-refractivity contribution in [2.75, 3.05) is 5.73 Å². The molecule has 58 valence electrons. The van der Waals surface area contributed by atoms with E-state index in [4.69, 9.17) is 15.9 Å². The van der Waals surface area contributed by atoms with Gasteiger partial charge < -0.3 is 15.9 Å². The summed E-state index contributed by atoms with van der Waals surface area (Å²) < 4.78 is 0. The zero-order chi connectivity index (χ0) is 8.43. The van der Waals surface area contributed by atoms with Crippen molar-refractivity contribution < 1.29 is 15.0 Å². The van der Waals surface area contributed by atoms with Gasteiger partial charge in [-0.25, -0.2) is 4.79 Å². The summed E-state index contributed by atoms with van der Waals surface area (Å²) in [7, 11) is 0. The molecule has 4 nitrogen and oxygen atoms in total. The number of hydrogen-bond acceptors (Lipinski definition) is 3. The third kappa shape index (κ3) is 4.21. The van der Waals surface area contributed by atoms with Crippen LogP contribution in [-0.4, -0.2) is 71.3 Å². The third-order valence-corrected chi connectivity index (χ3v) is 1.25. The second kappa shape index (κ2) is 6.52. The zero-order valence-corrected chi connectivity index (χ0v) is 10.3.